The third-order valence-corrected chi connectivity index (χ3v) is 7.34. The van der Waals surface area contributed by atoms with Gasteiger partial charge in [-0.25, -0.2) is 18.1 Å². The molecule has 0 saturated carbocycles. The van der Waals surface area contributed by atoms with Gasteiger partial charge in [-0.2, -0.15) is 0 Å². The molecule has 1 aromatic heterocycles. The second-order valence-electron chi connectivity index (χ2n) is 9.38. The molecule has 0 aliphatic rings. The van der Waals surface area contributed by atoms with E-state index in [1.807, 2.05) is 20.8 Å². The van der Waals surface area contributed by atoms with Crippen molar-refractivity contribution in [2.24, 2.45) is 5.73 Å². The van der Waals surface area contributed by atoms with Crippen molar-refractivity contribution in [3.8, 4) is 11.5 Å². The molecule has 0 radical (unpaired) electrons. The number of nitrogen functional groups attached to an aromatic ring is 1. The number of fused-ring (bicyclic) bond motifs is 1. The summed E-state index contributed by atoms with van der Waals surface area (Å²) in [4.78, 5) is 29.0. The number of hydrogen-bond acceptors (Lipinski definition) is 9. The molecule has 2 amide bonds. The number of rotatable bonds is 11. The third-order valence-electron chi connectivity index (χ3n) is 6.00. The number of aromatic nitrogens is 1. The van der Waals surface area contributed by atoms with Crippen LogP contribution in [0.25, 0.3) is 10.8 Å². The van der Waals surface area contributed by atoms with Gasteiger partial charge in [0.15, 0.2) is 11.5 Å². The Kier molecular flexibility index (Phi) is 8.62. The van der Waals surface area contributed by atoms with Crippen molar-refractivity contribution in [2.45, 2.75) is 37.8 Å². The van der Waals surface area contributed by atoms with Gasteiger partial charge in [0, 0.05) is 22.8 Å². The number of amides is 2. The lowest BCUT2D eigenvalue weighted by Gasteiger charge is -2.22. The molecule has 1 heterocycles. The molecule has 41 heavy (non-hydrogen) atoms. The first-order valence-corrected chi connectivity index (χ1v) is 14.3. The van der Waals surface area contributed by atoms with Crippen molar-refractivity contribution in [3.05, 3.63) is 84.1 Å². The highest BCUT2D eigenvalue weighted by atomic mass is 32.2. The summed E-state index contributed by atoms with van der Waals surface area (Å²) in [5.41, 5.74) is 12.2. The SMILES string of the molecule is CCOc1cc(C(Nc2ccc3c(N)nccc3c2)C(=O)NS(=O)(=O)c2cccc(C(N)=O)c2)ccc1OC(C)C. The molecule has 0 spiro atoms. The number of ether oxygens (including phenoxy) is 2. The monoisotopic (exact) mass is 577 g/mol. The average Bonchev–Trinajstić information content (AvgIpc) is 2.92. The van der Waals surface area contributed by atoms with Gasteiger partial charge >= 0.3 is 0 Å². The van der Waals surface area contributed by atoms with Crippen LogP contribution in [0.4, 0.5) is 11.5 Å². The van der Waals surface area contributed by atoms with Crippen molar-refractivity contribution in [2.75, 3.05) is 17.7 Å². The Morgan fingerprint density at radius 3 is 2.49 bits per heavy atom. The van der Waals surface area contributed by atoms with Crippen molar-refractivity contribution < 1.29 is 27.5 Å². The van der Waals surface area contributed by atoms with Crippen LogP contribution in [0.1, 0.15) is 42.7 Å². The van der Waals surface area contributed by atoms with Gasteiger partial charge < -0.3 is 26.3 Å². The van der Waals surface area contributed by atoms with Gasteiger partial charge in [-0.3, -0.25) is 9.59 Å². The number of anilines is 2. The number of primary amides is 1. The fourth-order valence-electron chi connectivity index (χ4n) is 4.15. The number of nitrogens with two attached hydrogens (primary N) is 2. The number of nitrogens with one attached hydrogen (secondary N) is 2. The Morgan fingerprint density at radius 1 is 1.00 bits per heavy atom. The molecule has 12 heteroatoms. The van der Waals surface area contributed by atoms with Crippen LogP contribution in [0, 0.1) is 0 Å². The summed E-state index contributed by atoms with van der Waals surface area (Å²) < 4.78 is 40.1. The summed E-state index contributed by atoms with van der Waals surface area (Å²) in [5.74, 6) is -0.437. The fraction of sp³-hybridized carbons (Fsp3) is 0.207. The van der Waals surface area contributed by atoms with Gasteiger partial charge in [-0.15, -0.1) is 0 Å². The highest BCUT2D eigenvalue weighted by molar-refractivity contribution is 7.90. The minimum atomic E-state index is -4.37. The van der Waals surface area contributed by atoms with Crippen LogP contribution in [-0.4, -0.2) is 37.9 Å². The molecule has 6 N–H and O–H groups in total. The number of carbonyl (C=O) groups excluding carboxylic acids is 2. The van der Waals surface area contributed by atoms with Gasteiger partial charge in [0.2, 0.25) is 5.91 Å². The molecule has 11 nitrogen and oxygen atoms in total. The summed E-state index contributed by atoms with van der Waals surface area (Å²) in [6.07, 6.45) is 1.44. The standard InChI is InChI=1S/C29H31N5O6S/c1-4-39-25-16-19(8-11-24(25)40-17(2)3)26(33-21-9-10-23-18(14-21)12-13-32-27(23)30)29(36)34-41(37,38)22-7-5-6-20(15-22)28(31)35/h5-17,26,33H,4H2,1-3H3,(H2,30,32)(H2,31,35)(H,34,36). The molecule has 4 aromatic rings. The van der Waals surface area contributed by atoms with Crippen LogP contribution in [0.2, 0.25) is 0 Å². The molecular formula is C29H31N5O6S. The lowest BCUT2D eigenvalue weighted by molar-refractivity contribution is -0.120. The second-order valence-corrected chi connectivity index (χ2v) is 11.1. The highest BCUT2D eigenvalue weighted by Gasteiger charge is 2.28. The van der Waals surface area contributed by atoms with E-state index in [-0.39, 0.29) is 16.6 Å². The van der Waals surface area contributed by atoms with Crippen LogP contribution in [0.5, 0.6) is 11.5 Å². The molecule has 0 aliphatic heterocycles. The van der Waals surface area contributed by atoms with E-state index in [9.17, 15) is 18.0 Å². The summed E-state index contributed by atoms with van der Waals surface area (Å²) in [6, 6.07) is 15.9. The van der Waals surface area contributed by atoms with Gasteiger partial charge in [0.25, 0.3) is 15.9 Å². The quantitative estimate of drug-likeness (QED) is 0.207. The Morgan fingerprint density at radius 2 is 1.78 bits per heavy atom. The minimum Gasteiger partial charge on any atom is -0.490 e. The summed E-state index contributed by atoms with van der Waals surface area (Å²) in [7, 11) is -4.37. The molecule has 1 unspecified atom stereocenters. The second kappa shape index (κ2) is 12.1. The van der Waals surface area contributed by atoms with Crippen molar-refractivity contribution in [1.82, 2.24) is 9.71 Å². The molecule has 0 bridgehead atoms. The first-order valence-electron chi connectivity index (χ1n) is 12.8. The van der Waals surface area contributed by atoms with E-state index in [0.29, 0.717) is 35.2 Å². The zero-order chi connectivity index (χ0) is 29.7. The van der Waals surface area contributed by atoms with Gasteiger partial charge in [-0.1, -0.05) is 12.1 Å². The van der Waals surface area contributed by atoms with E-state index in [1.54, 1.807) is 48.7 Å². The van der Waals surface area contributed by atoms with E-state index in [0.717, 1.165) is 16.8 Å². The van der Waals surface area contributed by atoms with Crippen LogP contribution in [0.3, 0.4) is 0 Å². The van der Waals surface area contributed by atoms with Crippen LogP contribution in [0.15, 0.2) is 77.8 Å². The van der Waals surface area contributed by atoms with E-state index < -0.39 is 27.9 Å². The smallest absolute Gasteiger partial charge is 0.264 e. The fourth-order valence-corrected chi connectivity index (χ4v) is 5.19. The number of carbonyl (C=O) groups is 2. The maximum absolute atomic E-state index is 13.7. The lowest BCUT2D eigenvalue weighted by Crippen LogP contribution is -2.37. The summed E-state index contributed by atoms with van der Waals surface area (Å²) in [5, 5.41) is 4.63. The van der Waals surface area contributed by atoms with Crippen molar-refractivity contribution in [3.63, 3.8) is 0 Å². The number of sulfonamides is 1. The molecule has 3 aromatic carbocycles. The summed E-state index contributed by atoms with van der Waals surface area (Å²) in [6.45, 7) is 5.91. The number of benzene rings is 3. The Hall–Kier alpha value is -4.84. The Labute approximate surface area is 237 Å². The number of pyridine rings is 1. The van der Waals surface area contributed by atoms with E-state index >= 15 is 0 Å². The third kappa shape index (κ3) is 6.84. The molecular weight excluding hydrogens is 546 g/mol. The Balaban J connectivity index is 1.75. The minimum absolute atomic E-state index is 0.0120. The number of nitrogens with zero attached hydrogens (tertiary/aromatic N) is 1. The molecule has 0 fully saturated rings. The van der Waals surface area contributed by atoms with Crippen molar-refractivity contribution in [1.29, 1.82) is 0 Å². The largest absolute Gasteiger partial charge is 0.490 e. The molecule has 4 rings (SSSR count). The Bertz CT molecular complexity index is 1710. The van der Waals surface area contributed by atoms with Crippen LogP contribution in [-0.2, 0) is 14.8 Å². The van der Waals surface area contributed by atoms with Crippen molar-refractivity contribution >= 4 is 44.1 Å². The zero-order valence-corrected chi connectivity index (χ0v) is 23.6. The lowest BCUT2D eigenvalue weighted by atomic mass is 10.0. The van der Waals surface area contributed by atoms with Gasteiger partial charge in [-0.05, 0) is 86.3 Å². The van der Waals surface area contributed by atoms with E-state index in [2.05, 4.69) is 15.0 Å². The predicted molar refractivity (Wildman–Crippen MR) is 156 cm³/mol. The molecule has 1 atom stereocenters. The average molecular weight is 578 g/mol. The first kappa shape index (κ1) is 29.2. The van der Waals surface area contributed by atoms with Crippen LogP contribution >= 0.6 is 0 Å². The summed E-state index contributed by atoms with van der Waals surface area (Å²) >= 11 is 0. The normalized spacial score (nSPS) is 12.1. The zero-order valence-electron chi connectivity index (χ0n) is 22.7. The maximum atomic E-state index is 13.7. The predicted octanol–water partition coefficient (Wildman–Crippen LogP) is 3.76. The highest BCUT2D eigenvalue weighted by Crippen LogP contribution is 2.33. The molecule has 214 valence electrons. The van der Waals surface area contributed by atoms with Crippen LogP contribution < -0.4 is 31.0 Å². The van der Waals surface area contributed by atoms with E-state index in [4.69, 9.17) is 20.9 Å². The van der Waals surface area contributed by atoms with E-state index in [1.165, 1.54) is 18.2 Å². The maximum Gasteiger partial charge on any atom is 0.264 e. The topological polar surface area (TPSA) is 176 Å². The molecule has 0 saturated heterocycles. The van der Waals surface area contributed by atoms with Gasteiger partial charge in [0.05, 0.1) is 17.6 Å². The first-order chi connectivity index (χ1) is 19.5. The molecule has 0 aliphatic carbocycles. The van der Waals surface area contributed by atoms with Gasteiger partial charge in [0.1, 0.15) is 11.9 Å². The number of hydrogen-bond donors (Lipinski definition) is 4.